The van der Waals surface area contributed by atoms with Gasteiger partial charge in [-0.1, -0.05) is 66.7 Å². The number of benzene rings is 2. The summed E-state index contributed by atoms with van der Waals surface area (Å²) in [4.78, 5) is 0. The predicted octanol–water partition coefficient (Wildman–Crippen LogP) is 3.88. The first-order chi connectivity index (χ1) is 13.3. The van der Waals surface area contributed by atoms with Crippen molar-refractivity contribution in [3.8, 4) is 0 Å². The van der Waals surface area contributed by atoms with E-state index in [1.807, 2.05) is 60.7 Å². The Morgan fingerprint density at radius 3 is 2.00 bits per heavy atom. The molecule has 0 spiro atoms. The highest BCUT2D eigenvalue weighted by Gasteiger charge is 2.41. The molecule has 0 radical (unpaired) electrons. The van der Waals surface area contributed by atoms with Crippen LogP contribution in [0.4, 0.5) is 0 Å². The van der Waals surface area contributed by atoms with Crippen LogP contribution in [0.1, 0.15) is 24.0 Å². The molecule has 1 saturated carbocycles. The summed E-state index contributed by atoms with van der Waals surface area (Å²) in [5.41, 5.74) is 2.20. The second-order valence-corrected chi connectivity index (χ2v) is 6.83. The summed E-state index contributed by atoms with van der Waals surface area (Å²) in [5, 5.41) is 10.5. The summed E-state index contributed by atoms with van der Waals surface area (Å²) in [6, 6.07) is 20.1. The van der Waals surface area contributed by atoms with Gasteiger partial charge in [0.05, 0.1) is 32.0 Å². The van der Waals surface area contributed by atoms with Gasteiger partial charge in [-0.25, -0.2) is 0 Å². The van der Waals surface area contributed by atoms with Gasteiger partial charge in [0.1, 0.15) is 12.2 Å². The standard InChI is InChI=1S/C23H28O4/c1-2-15-25-22-20(24)13-14-21(26-16-18-9-5-3-6-10-18)23(22)27-17-19-11-7-4-8-12-19/h2-12,20-24H,1,13-17H2/t20-,21+,22-,23-/m1/s1. The van der Waals surface area contributed by atoms with Crippen molar-refractivity contribution in [3.05, 3.63) is 84.4 Å². The van der Waals surface area contributed by atoms with Crippen molar-refractivity contribution >= 4 is 0 Å². The molecule has 2 aromatic carbocycles. The first-order valence-electron chi connectivity index (χ1n) is 9.49. The van der Waals surface area contributed by atoms with Crippen molar-refractivity contribution in [2.24, 2.45) is 0 Å². The Hall–Kier alpha value is -1.98. The van der Waals surface area contributed by atoms with Crippen molar-refractivity contribution in [2.45, 2.75) is 50.5 Å². The quantitative estimate of drug-likeness (QED) is 0.683. The van der Waals surface area contributed by atoms with E-state index in [1.165, 1.54) is 0 Å². The van der Waals surface area contributed by atoms with Crippen LogP contribution in [0.15, 0.2) is 73.3 Å². The van der Waals surface area contributed by atoms with Crippen LogP contribution in [-0.4, -0.2) is 36.1 Å². The maximum absolute atomic E-state index is 10.5. The molecule has 1 aliphatic carbocycles. The summed E-state index contributed by atoms with van der Waals surface area (Å²) in [6.45, 7) is 5.05. The van der Waals surface area contributed by atoms with Crippen molar-refractivity contribution < 1.29 is 19.3 Å². The van der Waals surface area contributed by atoms with Gasteiger partial charge in [-0.05, 0) is 24.0 Å². The monoisotopic (exact) mass is 368 g/mol. The Morgan fingerprint density at radius 1 is 0.815 bits per heavy atom. The lowest BCUT2D eigenvalue weighted by Gasteiger charge is -2.40. The molecule has 3 rings (SSSR count). The third-order valence-corrected chi connectivity index (χ3v) is 4.82. The van der Waals surface area contributed by atoms with Crippen LogP contribution in [0.25, 0.3) is 0 Å². The highest BCUT2D eigenvalue weighted by molar-refractivity contribution is 5.14. The summed E-state index contributed by atoms with van der Waals surface area (Å²) in [5.74, 6) is 0. The van der Waals surface area contributed by atoms with E-state index in [9.17, 15) is 5.11 Å². The van der Waals surface area contributed by atoms with Gasteiger partial charge in [0.2, 0.25) is 0 Å². The number of aliphatic hydroxyl groups is 1. The molecule has 0 heterocycles. The molecular weight excluding hydrogens is 340 g/mol. The van der Waals surface area contributed by atoms with Crippen molar-refractivity contribution in [1.82, 2.24) is 0 Å². The number of aliphatic hydroxyl groups excluding tert-OH is 1. The zero-order valence-electron chi connectivity index (χ0n) is 15.6. The molecule has 1 fully saturated rings. The van der Waals surface area contributed by atoms with Gasteiger partial charge in [-0.2, -0.15) is 0 Å². The molecule has 144 valence electrons. The van der Waals surface area contributed by atoms with Gasteiger partial charge in [0.25, 0.3) is 0 Å². The van der Waals surface area contributed by atoms with E-state index in [0.717, 1.165) is 17.5 Å². The lowest BCUT2D eigenvalue weighted by molar-refractivity contribution is -0.195. The number of rotatable bonds is 9. The average Bonchev–Trinajstić information content (AvgIpc) is 2.72. The van der Waals surface area contributed by atoms with Crippen molar-refractivity contribution in [1.29, 1.82) is 0 Å². The Morgan fingerprint density at radius 2 is 1.41 bits per heavy atom. The summed E-state index contributed by atoms with van der Waals surface area (Å²) >= 11 is 0. The van der Waals surface area contributed by atoms with Crippen LogP contribution >= 0.6 is 0 Å². The van der Waals surface area contributed by atoms with Gasteiger partial charge in [0.15, 0.2) is 0 Å². The molecule has 0 saturated heterocycles. The molecule has 27 heavy (non-hydrogen) atoms. The van der Waals surface area contributed by atoms with E-state index in [2.05, 4.69) is 6.58 Å². The lowest BCUT2D eigenvalue weighted by atomic mass is 9.89. The van der Waals surface area contributed by atoms with Crippen LogP contribution in [0.5, 0.6) is 0 Å². The van der Waals surface area contributed by atoms with E-state index in [1.54, 1.807) is 6.08 Å². The largest absolute Gasteiger partial charge is 0.390 e. The number of ether oxygens (including phenoxy) is 3. The summed E-state index contributed by atoms with van der Waals surface area (Å²) in [6.07, 6.45) is 1.59. The maximum atomic E-state index is 10.5. The first kappa shape index (κ1) is 19.8. The van der Waals surface area contributed by atoms with Gasteiger partial charge in [-0.3, -0.25) is 0 Å². The molecule has 4 atom stereocenters. The zero-order valence-corrected chi connectivity index (χ0v) is 15.6. The Balaban J connectivity index is 1.68. The Labute approximate surface area is 161 Å². The van der Waals surface area contributed by atoms with Gasteiger partial charge < -0.3 is 19.3 Å². The second-order valence-electron chi connectivity index (χ2n) is 6.83. The molecule has 2 aromatic rings. The van der Waals surface area contributed by atoms with E-state index < -0.39 is 12.2 Å². The fourth-order valence-corrected chi connectivity index (χ4v) is 3.40. The fourth-order valence-electron chi connectivity index (χ4n) is 3.40. The lowest BCUT2D eigenvalue weighted by Crippen LogP contribution is -2.52. The van der Waals surface area contributed by atoms with Gasteiger partial charge in [0, 0.05) is 0 Å². The van der Waals surface area contributed by atoms with Crippen molar-refractivity contribution in [2.75, 3.05) is 6.61 Å². The van der Waals surface area contributed by atoms with Crippen LogP contribution < -0.4 is 0 Å². The topological polar surface area (TPSA) is 47.9 Å². The highest BCUT2D eigenvalue weighted by Crippen LogP contribution is 2.29. The third-order valence-electron chi connectivity index (χ3n) is 4.82. The summed E-state index contributed by atoms with van der Waals surface area (Å²) in [7, 11) is 0. The van der Waals surface area contributed by atoms with Gasteiger partial charge in [-0.15, -0.1) is 6.58 Å². The molecule has 0 aromatic heterocycles. The fraction of sp³-hybridized carbons (Fsp3) is 0.391. The molecule has 1 aliphatic rings. The highest BCUT2D eigenvalue weighted by atomic mass is 16.6. The minimum absolute atomic E-state index is 0.132. The Kier molecular flexibility index (Phi) is 7.60. The maximum Gasteiger partial charge on any atom is 0.113 e. The third kappa shape index (κ3) is 5.75. The smallest absolute Gasteiger partial charge is 0.113 e. The normalized spacial score (nSPS) is 25.2. The molecule has 0 aliphatic heterocycles. The van der Waals surface area contributed by atoms with Crippen LogP contribution in [0, 0.1) is 0 Å². The van der Waals surface area contributed by atoms with Crippen LogP contribution in [0.2, 0.25) is 0 Å². The summed E-state index contributed by atoms with van der Waals surface area (Å²) < 4.78 is 18.2. The number of hydrogen-bond acceptors (Lipinski definition) is 4. The Bertz CT molecular complexity index is 673. The molecule has 0 unspecified atom stereocenters. The molecule has 4 heteroatoms. The predicted molar refractivity (Wildman–Crippen MR) is 105 cm³/mol. The van der Waals surface area contributed by atoms with E-state index in [-0.39, 0.29) is 12.2 Å². The molecule has 0 bridgehead atoms. The minimum atomic E-state index is -0.567. The number of hydrogen-bond donors (Lipinski definition) is 1. The average molecular weight is 368 g/mol. The van der Waals surface area contributed by atoms with Crippen LogP contribution in [-0.2, 0) is 27.4 Å². The van der Waals surface area contributed by atoms with Gasteiger partial charge >= 0.3 is 0 Å². The van der Waals surface area contributed by atoms with E-state index in [0.29, 0.717) is 26.2 Å². The molecular formula is C23H28O4. The van der Waals surface area contributed by atoms with Crippen LogP contribution in [0.3, 0.4) is 0 Å². The van der Waals surface area contributed by atoms with E-state index >= 15 is 0 Å². The second kappa shape index (κ2) is 10.4. The molecule has 4 nitrogen and oxygen atoms in total. The molecule has 1 N–H and O–H groups in total. The van der Waals surface area contributed by atoms with E-state index in [4.69, 9.17) is 14.2 Å². The minimum Gasteiger partial charge on any atom is -0.390 e. The SMILES string of the molecule is C=CCO[C@H]1[C@H](OCc2ccccc2)[C@@H](OCc2ccccc2)CC[C@H]1O. The zero-order chi connectivity index (χ0) is 18.9. The first-order valence-corrected chi connectivity index (χ1v) is 9.49. The van der Waals surface area contributed by atoms with Crippen molar-refractivity contribution in [3.63, 3.8) is 0 Å². The molecule has 0 amide bonds.